The molecule has 0 N–H and O–H groups in total. The SMILES string of the molecule is COc1ccc2c(c1)[C@@H]1O[C@]3(CO[C@@]4(C)C=CC(=O)[C@@H]1[C@H]43)C2=O. The smallest absolute Gasteiger partial charge is 0.197 e. The summed E-state index contributed by atoms with van der Waals surface area (Å²) in [4.78, 5) is 25.8. The van der Waals surface area contributed by atoms with Crippen LogP contribution in [-0.4, -0.2) is 36.5 Å². The number of ether oxygens (including phenoxy) is 3. The normalized spacial score (nSPS) is 42.6. The maximum Gasteiger partial charge on any atom is 0.197 e. The molecule has 0 radical (unpaired) electrons. The van der Waals surface area contributed by atoms with Crippen LogP contribution in [0.4, 0.5) is 0 Å². The van der Waals surface area contributed by atoms with E-state index in [4.69, 9.17) is 14.2 Å². The van der Waals surface area contributed by atoms with Crippen LogP contribution in [0.5, 0.6) is 5.75 Å². The molecule has 2 fully saturated rings. The summed E-state index contributed by atoms with van der Waals surface area (Å²) in [7, 11) is 1.58. The van der Waals surface area contributed by atoms with Gasteiger partial charge in [0.05, 0.1) is 31.3 Å². The van der Waals surface area contributed by atoms with Crippen LogP contribution in [-0.2, 0) is 14.3 Å². The van der Waals surface area contributed by atoms with Gasteiger partial charge in [-0.3, -0.25) is 9.59 Å². The molecule has 118 valence electrons. The Balaban J connectivity index is 1.78. The van der Waals surface area contributed by atoms with Crippen LogP contribution in [0, 0.1) is 11.8 Å². The van der Waals surface area contributed by atoms with Gasteiger partial charge >= 0.3 is 0 Å². The van der Waals surface area contributed by atoms with Crippen molar-refractivity contribution in [2.75, 3.05) is 13.7 Å². The summed E-state index contributed by atoms with van der Waals surface area (Å²) in [6.07, 6.45) is 2.95. The van der Waals surface area contributed by atoms with Gasteiger partial charge < -0.3 is 14.2 Å². The number of carbonyl (C=O) groups is 2. The van der Waals surface area contributed by atoms with Gasteiger partial charge in [-0.25, -0.2) is 0 Å². The zero-order valence-electron chi connectivity index (χ0n) is 12.9. The van der Waals surface area contributed by atoms with Crippen molar-refractivity contribution in [1.29, 1.82) is 0 Å². The van der Waals surface area contributed by atoms with Crippen molar-refractivity contribution in [3.05, 3.63) is 41.5 Å². The molecule has 1 aliphatic carbocycles. The first-order valence-electron chi connectivity index (χ1n) is 7.78. The molecule has 23 heavy (non-hydrogen) atoms. The quantitative estimate of drug-likeness (QED) is 0.792. The molecule has 5 rings (SSSR count). The Hall–Kier alpha value is -1.98. The summed E-state index contributed by atoms with van der Waals surface area (Å²) >= 11 is 0. The maximum atomic E-state index is 13.2. The molecule has 3 aliphatic heterocycles. The van der Waals surface area contributed by atoms with Gasteiger partial charge in [0.15, 0.2) is 17.2 Å². The van der Waals surface area contributed by atoms with E-state index in [1.54, 1.807) is 31.4 Å². The molecule has 0 saturated carbocycles. The second-order valence-corrected chi connectivity index (χ2v) is 6.92. The van der Waals surface area contributed by atoms with Crippen molar-refractivity contribution >= 4 is 11.6 Å². The molecule has 0 aromatic heterocycles. The minimum absolute atomic E-state index is 0.00770. The Bertz CT molecular complexity index is 797. The average Bonchev–Trinajstić information content (AvgIpc) is 3.04. The second-order valence-electron chi connectivity index (χ2n) is 6.92. The molecular weight excluding hydrogens is 296 g/mol. The summed E-state index contributed by atoms with van der Waals surface area (Å²) in [5, 5.41) is 0. The highest BCUT2D eigenvalue weighted by Crippen LogP contribution is 2.63. The molecule has 3 heterocycles. The number of Topliss-reactive ketones (excluding diaryl/α,β-unsaturated/α-hetero) is 1. The molecule has 5 heteroatoms. The standard InChI is InChI=1S/C18H16O5/c1-17-6-5-12(19)13-14-11-7-9(21-2)3-4-10(11)16(20)18(23-14,8-22-17)15(13)17/h3-7,13-15H,8H2,1-2H3/t13-,14-,15+,17-,18-/m0/s1. The van der Waals surface area contributed by atoms with Gasteiger partial charge in [0, 0.05) is 11.5 Å². The van der Waals surface area contributed by atoms with Gasteiger partial charge in [0.1, 0.15) is 5.75 Å². The van der Waals surface area contributed by atoms with Crippen LogP contribution >= 0.6 is 0 Å². The molecule has 0 amide bonds. The van der Waals surface area contributed by atoms with Crippen LogP contribution < -0.4 is 4.74 Å². The molecule has 5 atom stereocenters. The molecule has 2 saturated heterocycles. The number of ketones is 2. The lowest BCUT2D eigenvalue weighted by molar-refractivity contribution is -0.126. The molecule has 1 aromatic rings. The first kappa shape index (κ1) is 13.5. The van der Waals surface area contributed by atoms with Crippen LogP contribution in [0.3, 0.4) is 0 Å². The van der Waals surface area contributed by atoms with Crippen LogP contribution in [0.15, 0.2) is 30.4 Å². The minimum atomic E-state index is -1.04. The fourth-order valence-corrected chi connectivity index (χ4v) is 4.81. The van der Waals surface area contributed by atoms with Gasteiger partial charge in [-0.15, -0.1) is 0 Å². The predicted molar refractivity (Wildman–Crippen MR) is 79.4 cm³/mol. The van der Waals surface area contributed by atoms with Crippen molar-refractivity contribution < 1.29 is 23.8 Å². The number of hydrogen-bond acceptors (Lipinski definition) is 5. The van der Waals surface area contributed by atoms with Crippen molar-refractivity contribution in [3.63, 3.8) is 0 Å². The predicted octanol–water partition coefficient (Wildman–Crippen LogP) is 1.86. The number of hydrogen-bond donors (Lipinski definition) is 0. The van der Waals surface area contributed by atoms with Crippen molar-refractivity contribution in [3.8, 4) is 5.75 Å². The third-order valence-electron chi connectivity index (χ3n) is 5.84. The number of allylic oxidation sites excluding steroid dienone is 1. The minimum Gasteiger partial charge on any atom is -0.497 e. The third-order valence-corrected chi connectivity index (χ3v) is 5.84. The van der Waals surface area contributed by atoms with E-state index in [9.17, 15) is 9.59 Å². The number of methoxy groups -OCH3 is 1. The third kappa shape index (κ3) is 1.36. The second kappa shape index (κ2) is 3.91. The van der Waals surface area contributed by atoms with Gasteiger partial charge in [-0.2, -0.15) is 0 Å². The van der Waals surface area contributed by atoms with Gasteiger partial charge in [-0.1, -0.05) is 0 Å². The molecule has 4 aliphatic rings. The Morgan fingerprint density at radius 2 is 2.13 bits per heavy atom. The average molecular weight is 312 g/mol. The summed E-state index contributed by atoms with van der Waals surface area (Å²) in [5.41, 5.74) is -0.288. The number of fused-ring (bicyclic) bond motifs is 4. The maximum absolute atomic E-state index is 13.2. The summed E-state index contributed by atoms with van der Waals surface area (Å²) in [5.74, 6) is -0.0711. The van der Waals surface area contributed by atoms with E-state index in [0.29, 0.717) is 11.3 Å². The van der Waals surface area contributed by atoms with Gasteiger partial charge in [0.2, 0.25) is 0 Å². The van der Waals surface area contributed by atoms with E-state index in [1.807, 2.05) is 13.0 Å². The lowest BCUT2D eigenvalue weighted by Gasteiger charge is -2.34. The highest BCUT2D eigenvalue weighted by Gasteiger charge is 2.73. The Morgan fingerprint density at radius 3 is 2.91 bits per heavy atom. The van der Waals surface area contributed by atoms with Crippen LogP contribution in [0.1, 0.15) is 28.9 Å². The lowest BCUT2D eigenvalue weighted by Crippen LogP contribution is -2.50. The first-order chi connectivity index (χ1) is 11.0. The number of carbonyl (C=O) groups excluding carboxylic acids is 2. The Kier molecular flexibility index (Phi) is 2.29. The van der Waals surface area contributed by atoms with Gasteiger partial charge in [0.25, 0.3) is 0 Å². The Labute approximate surface area is 133 Å². The van der Waals surface area contributed by atoms with E-state index in [2.05, 4.69) is 0 Å². The van der Waals surface area contributed by atoms with Crippen LogP contribution in [0.25, 0.3) is 0 Å². The van der Waals surface area contributed by atoms with E-state index in [-0.39, 0.29) is 30.0 Å². The largest absolute Gasteiger partial charge is 0.497 e. The van der Waals surface area contributed by atoms with Gasteiger partial charge in [-0.05, 0) is 42.8 Å². The molecular formula is C18H16O5. The van der Waals surface area contributed by atoms with E-state index >= 15 is 0 Å². The summed E-state index contributed by atoms with van der Waals surface area (Å²) < 4.78 is 17.4. The number of rotatable bonds is 1. The lowest BCUT2D eigenvalue weighted by atomic mass is 9.67. The summed E-state index contributed by atoms with van der Waals surface area (Å²) in [6.45, 7) is 2.13. The number of benzene rings is 1. The molecule has 2 bridgehead atoms. The highest BCUT2D eigenvalue weighted by molar-refractivity contribution is 6.08. The van der Waals surface area contributed by atoms with Crippen molar-refractivity contribution in [2.24, 2.45) is 11.8 Å². The van der Waals surface area contributed by atoms with Crippen molar-refractivity contribution in [2.45, 2.75) is 24.2 Å². The van der Waals surface area contributed by atoms with E-state index < -0.39 is 17.3 Å². The van der Waals surface area contributed by atoms with E-state index in [1.165, 1.54) is 0 Å². The fraction of sp³-hybridized carbons (Fsp3) is 0.444. The first-order valence-corrected chi connectivity index (χ1v) is 7.78. The monoisotopic (exact) mass is 312 g/mol. The molecule has 1 aromatic carbocycles. The zero-order chi connectivity index (χ0) is 16.0. The Morgan fingerprint density at radius 1 is 1.30 bits per heavy atom. The molecule has 5 nitrogen and oxygen atoms in total. The topological polar surface area (TPSA) is 61.8 Å². The summed E-state index contributed by atoms with van der Waals surface area (Å²) in [6, 6.07) is 5.37. The fourth-order valence-electron chi connectivity index (χ4n) is 4.81. The molecule has 1 spiro atoms. The zero-order valence-corrected chi connectivity index (χ0v) is 12.9. The highest BCUT2D eigenvalue weighted by atomic mass is 16.6. The molecule has 0 unspecified atom stereocenters. The van der Waals surface area contributed by atoms with Crippen molar-refractivity contribution in [1.82, 2.24) is 0 Å². The van der Waals surface area contributed by atoms with Crippen LogP contribution in [0.2, 0.25) is 0 Å². The van der Waals surface area contributed by atoms with E-state index in [0.717, 1.165) is 5.56 Å².